The molecule has 0 aromatic heterocycles. The van der Waals surface area contributed by atoms with E-state index in [1.807, 2.05) is 0 Å². The van der Waals surface area contributed by atoms with Crippen molar-refractivity contribution in [2.45, 2.75) is 324 Å². The summed E-state index contributed by atoms with van der Waals surface area (Å²) in [6.45, 7) is 3.56. The van der Waals surface area contributed by atoms with E-state index in [1.165, 1.54) is 109 Å². The molecule has 2 rings (SSSR count). The number of aliphatic hydroxyl groups is 11. The number of unbranched alkanes of at least 4 members (excludes halogenated alkanes) is 25. The molecule has 0 aromatic rings. The number of carboxylic acid groups (broad SMARTS) is 1. The van der Waals surface area contributed by atoms with Crippen LogP contribution in [0.4, 0.5) is 0 Å². The molecule has 472 valence electrons. The Bertz CT molecular complexity index is 1610. The maximum atomic E-state index is 13.6. The van der Waals surface area contributed by atoms with E-state index in [2.05, 4.69) is 31.4 Å². The number of nitrogens with one attached hydrogen (secondary N) is 2. The van der Waals surface area contributed by atoms with E-state index in [1.54, 1.807) is 0 Å². The van der Waals surface area contributed by atoms with Crippen LogP contribution in [0.1, 0.15) is 226 Å². The van der Waals surface area contributed by atoms with Crippen molar-refractivity contribution in [3.63, 3.8) is 0 Å². The summed E-state index contributed by atoms with van der Waals surface area (Å²) in [5.41, 5.74) is 6.50. The molecule has 0 aromatic carbocycles. The van der Waals surface area contributed by atoms with Crippen LogP contribution in [0.2, 0.25) is 0 Å². The molecular formula is C58H111N3O19. The first-order valence-corrected chi connectivity index (χ1v) is 30.8. The lowest BCUT2D eigenvalue weighted by molar-refractivity contribution is -0.344. The SMILES string of the molecule is CCCCCCCCCCCCCCCCCCCC[C@@H](O)C(=O)NC(O[C@@H]1O[C@H](CO[C@]2(C(=O)O)C[C@H](O)[C@@H](NC(=O)CO)[C@H]([C@H](O)[C@H](O)CO)O2)[C@@H](O)[C@H](O)[C@H]1O)[C@@H](N)[C@H](O)[C@H](O)CCCCCCCCCCCC(C)CC. The van der Waals surface area contributed by atoms with Crippen molar-refractivity contribution in [2.24, 2.45) is 11.7 Å². The van der Waals surface area contributed by atoms with Gasteiger partial charge in [0.1, 0.15) is 55.4 Å². The first-order chi connectivity index (χ1) is 38.3. The van der Waals surface area contributed by atoms with Crippen molar-refractivity contribution in [1.82, 2.24) is 10.6 Å². The second-order valence-corrected chi connectivity index (χ2v) is 23.0. The van der Waals surface area contributed by atoms with Crippen LogP contribution in [0.5, 0.6) is 0 Å². The fourth-order valence-electron chi connectivity index (χ4n) is 10.5. The molecule has 22 heteroatoms. The molecule has 2 amide bonds. The highest BCUT2D eigenvalue weighted by Gasteiger charge is 2.57. The van der Waals surface area contributed by atoms with Gasteiger partial charge >= 0.3 is 5.97 Å². The van der Waals surface area contributed by atoms with Crippen LogP contribution in [0.3, 0.4) is 0 Å². The molecule has 22 nitrogen and oxygen atoms in total. The predicted molar refractivity (Wildman–Crippen MR) is 299 cm³/mol. The fourth-order valence-corrected chi connectivity index (χ4v) is 10.5. The van der Waals surface area contributed by atoms with Crippen LogP contribution >= 0.6 is 0 Å². The van der Waals surface area contributed by atoms with Crippen LogP contribution < -0.4 is 16.4 Å². The summed E-state index contributed by atoms with van der Waals surface area (Å²) in [5, 5.41) is 133. The molecule has 2 heterocycles. The Balaban J connectivity index is 2.10. The van der Waals surface area contributed by atoms with Gasteiger partial charge in [-0.2, -0.15) is 0 Å². The second-order valence-electron chi connectivity index (χ2n) is 23.0. The van der Waals surface area contributed by atoms with Crippen LogP contribution in [-0.2, 0) is 33.3 Å². The van der Waals surface area contributed by atoms with Crippen molar-refractivity contribution in [3.8, 4) is 0 Å². The zero-order valence-electron chi connectivity index (χ0n) is 48.8. The summed E-state index contributed by atoms with van der Waals surface area (Å²) in [7, 11) is 0. The molecular weight excluding hydrogens is 1040 g/mol. The highest BCUT2D eigenvalue weighted by molar-refractivity contribution is 5.80. The number of carbonyl (C=O) groups is 3. The molecule has 17 atom stereocenters. The molecule has 2 aliphatic rings. The normalized spacial score (nSPS) is 26.4. The Morgan fingerprint density at radius 2 is 1.12 bits per heavy atom. The van der Waals surface area contributed by atoms with E-state index in [0.717, 1.165) is 70.1 Å². The summed E-state index contributed by atoms with van der Waals surface area (Å²) in [6.07, 6.45) is 7.31. The van der Waals surface area contributed by atoms with Gasteiger partial charge in [0, 0.05) is 6.42 Å². The van der Waals surface area contributed by atoms with Crippen molar-refractivity contribution >= 4 is 17.8 Å². The number of aliphatic carboxylic acids is 1. The standard InChI is InChI=1S/C58H111N3O19/c1-4-6-7-8-9-10-11-12-13-14-15-16-17-18-21-25-28-31-34-41(65)54(74)61-55(46(59)48(69)40(64)33-30-27-24-22-19-20-23-26-29-32-39(3)5-2)79-56-52(73)51(72)50(71)44(78-56)38-77-58(57(75)76)35-42(66)47(60-45(68)37-63)53(80-58)49(70)43(67)36-62/h39-44,46-53,55-56,62-67,69-73H,4-38,59H2,1-3H3,(H,60,68)(H,61,74)(H,75,76)/t39?,40-,41-,42+,43-,44-,46+,47-,48-,49-,50-,51+,52-,53-,55?,56+,58-/m1/s1. The number of carboxylic acids is 1. The molecule has 0 radical (unpaired) electrons. The van der Waals surface area contributed by atoms with Crippen molar-refractivity contribution < 1.29 is 94.6 Å². The van der Waals surface area contributed by atoms with Crippen LogP contribution in [0.15, 0.2) is 0 Å². The van der Waals surface area contributed by atoms with Gasteiger partial charge in [0.25, 0.3) is 11.7 Å². The van der Waals surface area contributed by atoms with Gasteiger partial charge in [0.05, 0.1) is 43.6 Å². The molecule has 2 saturated heterocycles. The minimum absolute atomic E-state index is 0.0658. The van der Waals surface area contributed by atoms with Crippen molar-refractivity contribution in [1.29, 1.82) is 0 Å². The largest absolute Gasteiger partial charge is 0.477 e. The molecule has 0 aliphatic carbocycles. The zero-order valence-corrected chi connectivity index (χ0v) is 48.8. The van der Waals surface area contributed by atoms with Gasteiger partial charge < -0.3 is 96.6 Å². The number of rotatable bonds is 48. The lowest BCUT2D eigenvalue weighted by Crippen LogP contribution is -2.69. The highest BCUT2D eigenvalue weighted by Crippen LogP contribution is 2.35. The van der Waals surface area contributed by atoms with Gasteiger partial charge in [-0.1, -0.05) is 207 Å². The molecule has 0 bridgehead atoms. The lowest BCUT2D eigenvalue weighted by Gasteiger charge is -2.47. The molecule has 0 spiro atoms. The third-order valence-electron chi connectivity index (χ3n) is 16.2. The second kappa shape index (κ2) is 42.6. The average molecular weight is 1150 g/mol. The molecule has 2 aliphatic heterocycles. The maximum absolute atomic E-state index is 13.6. The summed E-state index contributed by atoms with van der Waals surface area (Å²) in [5.74, 6) is -6.14. The topological polar surface area (TPSA) is 381 Å². The monoisotopic (exact) mass is 1150 g/mol. The summed E-state index contributed by atoms with van der Waals surface area (Å²) < 4.78 is 22.9. The van der Waals surface area contributed by atoms with Gasteiger partial charge in [-0.3, -0.25) is 9.59 Å². The Morgan fingerprint density at radius 1 is 0.650 bits per heavy atom. The first kappa shape index (κ1) is 73.9. The minimum Gasteiger partial charge on any atom is -0.477 e. The number of nitrogens with two attached hydrogens (primary N) is 1. The van der Waals surface area contributed by atoms with E-state index in [4.69, 9.17) is 24.7 Å². The number of carbonyl (C=O) groups excluding carboxylic acids is 2. The predicted octanol–water partition coefficient (Wildman–Crippen LogP) is 3.57. The Morgan fingerprint density at radius 3 is 1.59 bits per heavy atom. The zero-order chi connectivity index (χ0) is 59.5. The molecule has 2 fully saturated rings. The number of amides is 2. The number of ether oxygens (including phenoxy) is 4. The molecule has 80 heavy (non-hydrogen) atoms. The summed E-state index contributed by atoms with van der Waals surface area (Å²) in [4.78, 5) is 38.5. The fraction of sp³-hybridized carbons (Fsp3) is 0.948. The van der Waals surface area contributed by atoms with Gasteiger partial charge in [-0.05, 0) is 18.8 Å². The smallest absolute Gasteiger partial charge is 0.364 e. The third-order valence-corrected chi connectivity index (χ3v) is 16.2. The van der Waals surface area contributed by atoms with E-state index >= 15 is 0 Å². The Labute approximate surface area is 476 Å². The molecule has 0 saturated carbocycles. The Hall–Kier alpha value is -2.23. The van der Waals surface area contributed by atoms with E-state index in [9.17, 15) is 75.7 Å². The quantitative estimate of drug-likeness (QED) is 0.0306. The maximum Gasteiger partial charge on any atom is 0.364 e. The van der Waals surface area contributed by atoms with Crippen LogP contribution in [0, 0.1) is 5.92 Å². The van der Waals surface area contributed by atoms with Gasteiger partial charge in [0.2, 0.25) is 5.91 Å². The van der Waals surface area contributed by atoms with Gasteiger partial charge in [0.15, 0.2) is 12.5 Å². The summed E-state index contributed by atoms with van der Waals surface area (Å²) >= 11 is 0. The van der Waals surface area contributed by atoms with E-state index < -0.39 is 142 Å². The third kappa shape index (κ3) is 27.7. The summed E-state index contributed by atoms with van der Waals surface area (Å²) in [6, 6.07) is -3.31. The Kier molecular flexibility index (Phi) is 39.3. The van der Waals surface area contributed by atoms with E-state index in [-0.39, 0.29) is 12.8 Å². The van der Waals surface area contributed by atoms with Crippen molar-refractivity contribution in [3.05, 3.63) is 0 Å². The number of hydrogen-bond donors (Lipinski definition) is 15. The minimum atomic E-state index is -2.94. The molecule has 16 N–H and O–H groups in total. The van der Waals surface area contributed by atoms with Crippen molar-refractivity contribution in [2.75, 3.05) is 19.8 Å². The molecule has 2 unspecified atom stereocenters. The lowest BCUT2D eigenvalue weighted by atomic mass is 9.88. The van der Waals surface area contributed by atoms with Crippen LogP contribution in [0.25, 0.3) is 0 Å². The first-order valence-electron chi connectivity index (χ1n) is 30.8. The van der Waals surface area contributed by atoms with Gasteiger partial charge in [-0.15, -0.1) is 0 Å². The average Bonchev–Trinajstić information content (AvgIpc) is 3.63. The van der Waals surface area contributed by atoms with Crippen LogP contribution in [-0.4, -0.2) is 196 Å². The number of hydrogen-bond acceptors (Lipinski definition) is 19. The highest BCUT2D eigenvalue weighted by atomic mass is 16.7. The van der Waals surface area contributed by atoms with E-state index in [0.29, 0.717) is 12.8 Å². The van der Waals surface area contributed by atoms with Gasteiger partial charge in [-0.25, -0.2) is 4.79 Å². The number of aliphatic hydroxyl groups excluding tert-OH is 11.